The lowest BCUT2D eigenvalue weighted by Gasteiger charge is -2.39. The largest absolute Gasteiger partial charge is 0.694 e. The normalized spacial score (nSPS) is 18.7. The molecule has 2 aliphatic rings. The molecule has 2 aliphatic heterocycles. The first-order valence-corrected chi connectivity index (χ1v) is 13.3. The van der Waals surface area contributed by atoms with Crippen LogP contribution in [0.15, 0.2) is 42.6 Å². The number of rotatable bonds is 8. The summed E-state index contributed by atoms with van der Waals surface area (Å²) in [6.45, 7) is 5.82. The zero-order chi connectivity index (χ0) is 27.6. The summed E-state index contributed by atoms with van der Waals surface area (Å²) in [6, 6.07) is 10.9. The van der Waals surface area contributed by atoms with E-state index in [2.05, 4.69) is 44.3 Å². The number of ketones is 1. The number of hydrogen-bond acceptors (Lipinski definition) is 11. The molecule has 0 saturated carbocycles. The summed E-state index contributed by atoms with van der Waals surface area (Å²) in [5.74, 6) is -1.43. The smallest absolute Gasteiger partial charge is 0.484 e. The third kappa shape index (κ3) is 6.45. The van der Waals surface area contributed by atoms with E-state index in [1.54, 1.807) is 12.1 Å². The molecule has 1 fully saturated rings. The molecule has 5 rings (SSSR count). The summed E-state index contributed by atoms with van der Waals surface area (Å²) in [5, 5.41) is 5.87. The zero-order valence-corrected chi connectivity index (χ0v) is 22.2. The number of carbonyl (C=O) groups is 1. The third-order valence-corrected chi connectivity index (χ3v) is 6.60. The van der Waals surface area contributed by atoms with Crippen LogP contribution in [0, 0.1) is 5.82 Å². The van der Waals surface area contributed by atoms with Crippen molar-refractivity contribution in [2.75, 3.05) is 48.4 Å². The lowest BCUT2D eigenvalue weighted by Crippen LogP contribution is -2.48. The van der Waals surface area contributed by atoms with Crippen LogP contribution in [0.2, 0.25) is 0 Å². The molecule has 2 aromatic heterocycles. The monoisotopic (exact) mass is 557 g/mol. The Balaban J connectivity index is 1.30. The van der Waals surface area contributed by atoms with Gasteiger partial charge in [-0.1, -0.05) is 0 Å². The van der Waals surface area contributed by atoms with Gasteiger partial charge >= 0.3 is 8.25 Å². The van der Waals surface area contributed by atoms with Crippen LogP contribution in [0.3, 0.4) is 0 Å². The topological polar surface area (TPSA) is 148 Å². The average Bonchev–Trinajstić information content (AvgIpc) is 2.90. The molecular formula is C25H27FN6O6P+. The average molecular weight is 557 g/mol. The molecule has 204 valence electrons. The van der Waals surface area contributed by atoms with E-state index >= 15 is 0 Å². The van der Waals surface area contributed by atoms with Crippen LogP contribution < -0.4 is 20.3 Å². The van der Waals surface area contributed by atoms with E-state index in [-0.39, 0.29) is 47.9 Å². The van der Waals surface area contributed by atoms with Gasteiger partial charge in [-0.2, -0.15) is 4.98 Å². The van der Waals surface area contributed by atoms with Gasteiger partial charge in [-0.3, -0.25) is 4.79 Å². The fourth-order valence-electron chi connectivity index (χ4n) is 4.37. The number of aromatic nitrogens is 3. The highest BCUT2D eigenvalue weighted by atomic mass is 31.1. The number of fused-ring (bicyclic) bond motifs is 1. The van der Waals surface area contributed by atoms with E-state index in [0.29, 0.717) is 12.4 Å². The molecule has 3 aromatic rings. The van der Waals surface area contributed by atoms with E-state index in [0.717, 1.165) is 30.7 Å². The van der Waals surface area contributed by atoms with Crippen LogP contribution in [-0.2, 0) is 18.6 Å². The number of anilines is 5. The molecule has 1 saturated heterocycles. The summed E-state index contributed by atoms with van der Waals surface area (Å²) >= 11 is 0. The van der Waals surface area contributed by atoms with Crippen molar-refractivity contribution < 1.29 is 32.6 Å². The summed E-state index contributed by atoms with van der Waals surface area (Å²) in [6.07, 6.45) is 1.03. The Kier molecular flexibility index (Phi) is 7.67. The van der Waals surface area contributed by atoms with Gasteiger partial charge < -0.3 is 25.0 Å². The minimum Gasteiger partial charge on any atom is -0.484 e. The van der Waals surface area contributed by atoms with Crippen LogP contribution >= 0.6 is 8.25 Å². The Bertz CT molecular complexity index is 1390. The zero-order valence-electron chi connectivity index (χ0n) is 21.3. The van der Waals surface area contributed by atoms with E-state index in [4.69, 9.17) is 18.9 Å². The number of ether oxygens (including phenoxy) is 2. The lowest BCUT2D eigenvalue weighted by molar-refractivity contribution is -0.124. The second-order valence-electron chi connectivity index (χ2n) is 9.64. The highest BCUT2D eigenvalue weighted by molar-refractivity contribution is 7.32. The van der Waals surface area contributed by atoms with Crippen molar-refractivity contribution in [1.29, 1.82) is 0 Å². The van der Waals surface area contributed by atoms with Crippen LogP contribution in [0.5, 0.6) is 5.75 Å². The number of halogens is 1. The molecule has 14 heteroatoms. The molecular weight excluding hydrogens is 530 g/mol. The van der Waals surface area contributed by atoms with Crippen LogP contribution in [0.25, 0.3) is 0 Å². The minimum absolute atomic E-state index is 0.138. The van der Waals surface area contributed by atoms with Gasteiger partial charge in [0.15, 0.2) is 17.4 Å². The first-order valence-electron chi connectivity index (χ1n) is 12.2. The van der Waals surface area contributed by atoms with Crippen LogP contribution in [0.1, 0.15) is 25.5 Å². The van der Waals surface area contributed by atoms with Crippen molar-refractivity contribution >= 4 is 43.0 Å². The summed E-state index contributed by atoms with van der Waals surface area (Å²) in [5.41, 5.74) is 1.78. The number of nitrogens with zero attached hydrogens (tertiary/aromatic N) is 4. The van der Waals surface area contributed by atoms with Gasteiger partial charge in [0.1, 0.15) is 24.8 Å². The SMILES string of the molecule is CC1(C)CN(c2ccc(Nc3ncc(F)c(Nc4ccc5c(n4)C(CO[P+](=O)O)C(=O)CO5)n3)cc2)CCO1. The predicted molar refractivity (Wildman–Crippen MR) is 140 cm³/mol. The number of morpholine rings is 1. The maximum Gasteiger partial charge on any atom is 0.694 e. The molecule has 0 bridgehead atoms. The standard InChI is InChI=1S/C25H26FN6O6P/c1-25(2)14-32(9-10-37-25)16-5-3-15(4-6-16)28-24-27-11-18(26)23(31-24)30-21-8-7-20-22(29-21)17(12-38-39(34)35)19(33)13-36-20/h3-8,11,17H,9-10,12-14H2,1-2H3,(H2-,27,28,29,30,31,34,35)/p+1. The highest BCUT2D eigenvalue weighted by Gasteiger charge is 2.34. The number of carbonyl (C=O) groups excluding carboxylic acids is 1. The van der Waals surface area contributed by atoms with Gasteiger partial charge in [0.2, 0.25) is 5.95 Å². The van der Waals surface area contributed by atoms with Crippen molar-refractivity contribution in [1.82, 2.24) is 15.0 Å². The molecule has 2 unspecified atom stereocenters. The van der Waals surface area contributed by atoms with Crippen LogP contribution in [-0.4, -0.2) is 64.1 Å². The third-order valence-electron chi connectivity index (χ3n) is 6.23. The van der Waals surface area contributed by atoms with Gasteiger partial charge in [0, 0.05) is 29.0 Å². The second-order valence-corrected chi connectivity index (χ2v) is 10.4. The Labute approximate surface area is 224 Å². The van der Waals surface area contributed by atoms with Gasteiger partial charge in [0.05, 0.1) is 30.0 Å². The molecule has 0 spiro atoms. The molecule has 0 radical (unpaired) electrons. The maximum absolute atomic E-state index is 14.6. The number of hydrogen-bond donors (Lipinski definition) is 3. The second kappa shape index (κ2) is 11.1. The fraction of sp³-hybridized carbons (Fsp3) is 0.360. The molecule has 0 amide bonds. The molecule has 3 N–H and O–H groups in total. The van der Waals surface area contributed by atoms with Crippen molar-refractivity contribution in [3.63, 3.8) is 0 Å². The van der Waals surface area contributed by atoms with Gasteiger partial charge in [0.25, 0.3) is 0 Å². The van der Waals surface area contributed by atoms with Gasteiger partial charge in [-0.25, -0.2) is 14.4 Å². The Morgan fingerprint density at radius 1 is 1.21 bits per heavy atom. The van der Waals surface area contributed by atoms with E-state index < -0.39 is 20.0 Å². The van der Waals surface area contributed by atoms with Gasteiger partial charge in [-0.05, 0) is 50.2 Å². The number of benzene rings is 1. The van der Waals surface area contributed by atoms with Crippen molar-refractivity contribution in [3.8, 4) is 5.75 Å². The van der Waals surface area contributed by atoms with Crippen molar-refractivity contribution in [2.45, 2.75) is 25.4 Å². The molecule has 1 aromatic carbocycles. The van der Waals surface area contributed by atoms with Gasteiger partial charge in [-0.15, -0.1) is 9.42 Å². The highest BCUT2D eigenvalue weighted by Crippen LogP contribution is 2.34. The quantitative estimate of drug-likeness (QED) is 0.346. The molecule has 39 heavy (non-hydrogen) atoms. The Hall–Kier alpha value is -3.77. The lowest BCUT2D eigenvalue weighted by atomic mass is 9.98. The van der Waals surface area contributed by atoms with Crippen molar-refractivity contribution in [2.24, 2.45) is 0 Å². The Morgan fingerprint density at radius 2 is 2.00 bits per heavy atom. The summed E-state index contributed by atoms with van der Waals surface area (Å²) < 4.78 is 41.5. The van der Waals surface area contributed by atoms with Crippen molar-refractivity contribution in [3.05, 3.63) is 54.1 Å². The number of Topliss-reactive ketones (excluding diaryl/α,β-unsaturated/α-hetero) is 1. The first-order chi connectivity index (χ1) is 18.7. The van der Waals surface area contributed by atoms with E-state index in [9.17, 15) is 13.8 Å². The minimum atomic E-state index is -2.89. The summed E-state index contributed by atoms with van der Waals surface area (Å²) in [4.78, 5) is 36.2. The van der Waals surface area contributed by atoms with E-state index in [1.807, 2.05) is 24.3 Å². The maximum atomic E-state index is 14.6. The van der Waals surface area contributed by atoms with E-state index in [1.165, 1.54) is 0 Å². The molecule has 12 nitrogen and oxygen atoms in total. The molecule has 4 heterocycles. The predicted octanol–water partition coefficient (Wildman–Crippen LogP) is 3.82. The first kappa shape index (κ1) is 26.8. The Morgan fingerprint density at radius 3 is 2.74 bits per heavy atom. The number of pyridine rings is 1. The van der Waals surface area contributed by atoms with Crippen LogP contribution in [0.4, 0.5) is 33.3 Å². The number of nitrogens with one attached hydrogen (secondary N) is 2. The summed E-state index contributed by atoms with van der Waals surface area (Å²) in [7, 11) is -2.89. The molecule has 2 atom stereocenters. The molecule has 0 aliphatic carbocycles. The fourth-order valence-corrected chi connectivity index (χ4v) is 4.65.